The van der Waals surface area contributed by atoms with Crippen LogP contribution in [0.3, 0.4) is 0 Å². The molecule has 0 aromatic heterocycles. The van der Waals surface area contributed by atoms with Crippen LogP contribution in [0.15, 0.2) is 46.2 Å². The van der Waals surface area contributed by atoms with Crippen LogP contribution in [0.25, 0.3) is 9.69 Å². The average molecular weight is 324 g/mol. The minimum Gasteiger partial charge on any atom is -0.478 e. The number of benzene rings is 2. The van der Waals surface area contributed by atoms with Crippen LogP contribution in [-0.4, -0.2) is 22.2 Å². The molecule has 0 spiro atoms. The second-order valence-corrected chi connectivity index (χ2v) is 5.48. The molecule has 0 unspecified atom stereocenters. The first kappa shape index (κ1) is 16.1. The lowest BCUT2D eigenvalue weighted by atomic mass is 10.1. The number of carboxylic acids is 2. The van der Waals surface area contributed by atoms with Crippen molar-refractivity contribution in [2.45, 2.75) is 9.79 Å². The molecule has 2 N–H and O–H groups in total. The topological polar surface area (TPSA) is 83.3 Å². The average Bonchev–Trinajstić information content (AvgIpc) is 2.54. The van der Waals surface area contributed by atoms with Gasteiger partial charge in [0.05, 0.1) is 24.3 Å². The lowest BCUT2D eigenvalue weighted by Crippen LogP contribution is -2.02. The summed E-state index contributed by atoms with van der Waals surface area (Å²) >= 11 is 1.13. The Morgan fingerprint density at radius 3 is 1.87 bits per heavy atom. The van der Waals surface area contributed by atoms with Gasteiger partial charge in [-0.15, -0.1) is 0 Å². The first-order valence-electron chi connectivity index (χ1n) is 6.13. The molecule has 2 aromatic rings. The quantitative estimate of drug-likeness (QED) is 0.818. The fourth-order valence-corrected chi connectivity index (χ4v) is 2.74. The first-order chi connectivity index (χ1) is 10.9. The van der Waals surface area contributed by atoms with Crippen molar-refractivity contribution < 1.29 is 19.8 Å². The van der Waals surface area contributed by atoms with Gasteiger partial charge in [0.15, 0.2) is 11.4 Å². The van der Waals surface area contributed by atoms with Crippen LogP contribution in [0.5, 0.6) is 0 Å². The smallest absolute Gasteiger partial charge is 0.335 e. The van der Waals surface area contributed by atoms with Gasteiger partial charge in [-0.05, 0) is 23.1 Å². The molecule has 2 rings (SSSR count). The first-order valence-corrected chi connectivity index (χ1v) is 6.94. The summed E-state index contributed by atoms with van der Waals surface area (Å²) in [6.45, 7) is 14.0. The van der Waals surface area contributed by atoms with E-state index in [2.05, 4.69) is 9.69 Å². The van der Waals surface area contributed by atoms with E-state index in [0.29, 0.717) is 9.79 Å². The van der Waals surface area contributed by atoms with Crippen molar-refractivity contribution in [1.29, 1.82) is 0 Å². The van der Waals surface area contributed by atoms with E-state index < -0.39 is 11.9 Å². The SMILES string of the molecule is [C-]#[N+]c1ccc(Sc2cc(C(=O)O)cc(C(=O)O)c2)cc1[N+]#[C-]. The van der Waals surface area contributed by atoms with Gasteiger partial charge in [0.2, 0.25) is 0 Å². The Bertz CT molecular complexity index is 862. The van der Waals surface area contributed by atoms with Gasteiger partial charge in [0.1, 0.15) is 0 Å². The molecule has 112 valence electrons. The van der Waals surface area contributed by atoms with E-state index in [0.717, 1.165) is 17.8 Å². The van der Waals surface area contributed by atoms with E-state index >= 15 is 0 Å². The maximum Gasteiger partial charge on any atom is 0.335 e. The summed E-state index contributed by atoms with van der Waals surface area (Å²) in [5, 5.41) is 18.1. The van der Waals surface area contributed by atoms with E-state index in [1.54, 1.807) is 6.07 Å². The van der Waals surface area contributed by atoms with Crippen molar-refractivity contribution in [3.05, 3.63) is 70.4 Å². The predicted molar refractivity (Wildman–Crippen MR) is 83.4 cm³/mol. The molecule has 0 atom stereocenters. The zero-order valence-electron chi connectivity index (χ0n) is 11.5. The third-order valence-electron chi connectivity index (χ3n) is 2.82. The fraction of sp³-hybridized carbons (Fsp3) is 0. The van der Waals surface area contributed by atoms with E-state index in [-0.39, 0.29) is 22.5 Å². The molecule has 2 aromatic carbocycles. The molecule has 23 heavy (non-hydrogen) atoms. The van der Waals surface area contributed by atoms with Crippen LogP contribution < -0.4 is 0 Å². The number of aromatic carboxylic acids is 2. The molecule has 0 saturated carbocycles. The maximum atomic E-state index is 11.1. The van der Waals surface area contributed by atoms with Crippen LogP contribution in [0.4, 0.5) is 11.4 Å². The molecule has 0 heterocycles. The summed E-state index contributed by atoms with van der Waals surface area (Å²) < 4.78 is 0. The van der Waals surface area contributed by atoms with Gasteiger partial charge in [-0.3, -0.25) is 9.69 Å². The summed E-state index contributed by atoms with van der Waals surface area (Å²) in [7, 11) is 0. The minimum atomic E-state index is -1.22. The molecule has 0 aliphatic rings. The second kappa shape index (κ2) is 6.65. The van der Waals surface area contributed by atoms with Crippen molar-refractivity contribution in [1.82, 2.24) is 0 Å². The monoisotopic (exact) mass is 324 g/mol. The fourth-order valence-electron chi connectivity index (χ4n) is 1.79. The standard InChI is InChI=1S/C16H8N2O4S/c1-17-13-4-3-11(8-14(13)18-2)23-12-6-9(15(19)20)5-10(7-12)16(21)22/h3-8H,(H,19,20)(H,21,22). The van der Waals surface area contributed by atoms with Gasteiger partial charge < -0.3 is 10.2 Å². The van der Waals surface area contributed by atoms with Crippen LogP contribution >= 0.6 is 11.8 Å². The van der Waals surface area contributed by atoms with E-state index in [1.165, 1.54) is 24.3 Å². The molecule has 7 heteroatoms. The highest BCUT2D eigenvalue weighted by Gasteiger charge is 2.13. The Labute approximate surface area is 135 Å². The highest BCUT2D eigenvalue weighted by molar-refractivity contribution is 7.99. The van der Waals surface area contributed by atoms with Crippen molar-refractivity contribution in [3.63, 3.8) is 0 Å². The normalized spacial score (nSPS) is 9.65. The molecule has 0 aliphatic carbocycles. The number of carbonyl (C=O) groups is 2. The lowest BCUT2D eigenvalue weighted by molar-refractivity contribution is 0.0696. The number of rotatable bonds is 4. The molecule has 0 fully saturated rings. The zero-order chi connectivity index (χ0) is 17.0. The molecule has 0 amide bonds. The van der Waals surface area contributed by atoms with Gasteiger partial charge in [0.25, 0.3) is 0 Å². The summed E-state index contributed by atoms with van der Waals surface area (Å²) in [6.07, 6.45) is 0. The minimum absolute atomic E-state index is 0.129. The molecule has 0 saturated heterocycles. The van der Waals surface area contributed by atoms with E-state index in [4.69, 9.17) is 23.4 Å². The van der Waals surface area contributed by atoms with Crippen LogP contribution in [0.1, 0.15) is 20.7 Å². The number of carboxylic acid groups (broad SMARTS) is 2. The second-order valence-electron chi connectivity index (χ2n) is 4.33. The summed E-state index contributed by atoms with van der Waals surface area (Å²) in [6, 6.07) is 8.45. The third kappa shape index (κ3) is 3.67. The van der Waals surface area contributed by atoms with Gasteiger partial charge in [-0.25, -0.2) is 9.59 Å². The number of nitrogens with zero attached hydrogens (tertiary/aromatic N) is 2. The molecule has 0 aliphatic heterocycles. The van der Waals surface area contributed by atoms with Crippen LogP contribution in [0.2, 0.25) is 0 Å². The largest absolute Gasteiger partial charge is 0.478 e. The Balaban J connectivity index is 2.44. The Morgan fingerprint density at radius 1 is 0.826 bits per heavy atom. The Kier molecular flexibility index (Phi) is 4.65. The highest BCUT2D eigenvalue weighted by atomic mass is 32.2. The van der Waals surface area contributed by atoms with Crippen molar-refractivity contribution in [3.8, 4) is 0 Å². The summed E-state index contributed by atoms with van der Waals surface area (Å²) in [4.78, 5) is 29.7. The third-order valence-corrected chi connectivity index (χ3v) is 3.78. The summed E-state index contributed by atoms with van der Waals surface area (Å²) in [5.74, 6) is -2.44. The van der Waals surface area contributed by atoms with Crippen molar-refractivity contribution in [2.24, 2.45) is 0 Å². The molecular formula is C16H8N2O4S. The van der Waals surface area contributed by atoms with Crippen molar-refractivity contribution >= 4 is 35.1 Å². The molecule has 0 bridgehead atoms. The van der Waals surface area contributed by atoms with E-state index in [9.17, 15) is 9.59 Å². The van der Waals surface area contributed by atoms with Gasteiger partial charge >= 0.3 is 11.9 Å². The highest BCUT2D eigenvalue weighted by Crippen LogP contribution is 2.36. The lowest BCUT2D eigenvalue weighted by Gasteiger charge is -2.06. The van der Waals surface area contributed by atoms with Crippen LogP contribution in [0, 0.1) is 13.1 Å². The summed E-state index contributed by atoms with van der Waals surface area (Å²) in [5.41, 5.74) is 0.166. The van der Waals surface area contributed by atoms with Gasteiger partial charge in [-0.1, -0.05) is 30.0 Å². The van der Waals surface area contributed by atoms with Crippen LogP contribution in [-0.2, 0) is 0 Å². The van der Waals surface area contributed by atoms with Gasteiger partial charge in [-0.2, -0.15) is 0 Å². The molecule has 6 nitrogen and oxygen atoms in total. The van der Waals surface area contributed by atoms with Crippen molar-refractivity contribution in [2.75, 3.05) is 0 Å². The number of hydrogen-bond donors (Lipinski definition) is 2. The Hall–Kier alpha value is -3.29. The van der Waals surface area contributed by atoms with Gasteiger partial charge in [0, 0.05) is 4.90 Å². The predicted octanol–water partition coefficient (Wildman–Crippen LogP) is 4.34. The zero-order valence-corrected chi connectivity index (χ0v) is 12.3. The molecular weight excluding hydrogens is 316 g/mol. The number of hydrogen-bond acceptors (Lipinski definition) is 3. The Morgan fingerprint density at radius 2 is 1.39 bits per heavy atom. The van der Waals surface area contributed by atoms with E-state index in [1.807, 2.05) is 0 Å². The maximum absolute atomic E-state index is 11.1. The molecule has 0 radical (unpaired) electrons.